The Morgan fingerprint density at radius 1 is 0.889 bits per heavy atom. The van der Waals surface area contributed by atoms with Crippen molar-refractivity contribution < 1.29 is 19.1 Å². The van der Waals surface area contributed by atoms with Crippen LogP contribution in [0.3, 0.4) is 0 Å². The normalized spacial score (nSPS) is 11.6. The van der Waals surface area contributed by atoms with Gasteiger partial charge in [-0.05, 0) is 67.6 Å². The topological polar surface area (TPSA) is 64.6 Å². The van der Waals surface area contributed by atoms with E-state index in [9.17, 15) is 9.59 Å². The standard InChI is InChI=1S/C30H29NO4S/c1-5-34-30(33)27-26(24-12-11-19(2)20(3)17-24)18-36-29(27)31-28(32)21(4)35-25-15-13-23(14-16-25)22-9-7-6-8-10-22/h6-18,21H,5H2,1-4H3,(H,31,32). The van der Waals surface area contributed by atoms with Crippen molar-refractivity contribution in [3.8, 4) is 28.0 Å². The van der Waals surface area contributed by atoms with Crippen LogP contribution in [0.2, 0.25) is 0 Å². The summed E-state index contributed by atoms with van der Waals surface area (Å²) in [7, 11) is 0. The van der Waals surface area contributed by atoms with Crippen LogP contribution >= 0.6 is 11.3 Å². The van der Waals surface area contributed by atoms with Gasteiger partial charge in [-0.25, -0.2) is 4.79 Å². The number of hydrogen-bond acceptors (Lipinski definition) is 5. The van der Waals surface area contributed by atoms with E-state index < -0.39 is 12.1 Å². The molecule has 3 aromatic carbocycles. The van der Waals surface area contributed by atoms with E-state index in [2.05, 4.69) is 5.32 Å². The van der Waals surface area contributed by atoms with Gasteiger partial charge in [0.15, 0.2) is 6.10 Å². The van der Waals surface area contributed by atoms with E-state index in [0.717, 1.165) is 27.8 Å². The van der Waals surface area contributed by atoms with Gasteiger partial charge in [-0.2, -0.15) is 0 Å². The summed E-state index contributed by atoms with van der Waals surface area (Å²) in [5, 5.41) is 5.20. The van der Waals surface area contributed by atoms with Crippen molar-refractivity contribution >= 4 is 28.2 Å². The first-order valence-electron chi connectivity index (χ1n) is 11.9. The highest BCUT2D eigenvalue weighted by molar-refractivity contribution is 7.15. The van der Waals surface area contributed by atoms with Crippen molar-refractivity contribution in [3.63, 3.8) is 0 Å². The summed E-state index contributed by atoms with van der Waals surface area (Å²) in [6, 6.07) is 23.7. The summed E-state index contributed by atoms with van der Waals surface area (Å²) in [5.74, 6) is -0.224. The lowest BCUT2D eigenvalue weighted by atomic mass is 9.99. The zero-order valence-corrected chi connectivity index (χ0v) is 21.6. The van der Waals surface area contributed by atoms with Crippen LogP contribution < -0.4 is 10.1 Å². The zero-order valence-electron chi connectivity index (χ0n) is 20.8. The molecular weight excluding hydrogens is 470 g/mol. The van der Waals surface area contributed by atoms with Crippen LogP contribution in [0.25, 0.3) is 22.3 Å². The molecule has 1 amide bonds. The molecule has 1 unspecified atom stereocenters. The fourth-order valence-corrected chi connectivity index (χ4v) is 4.77. The number of esters is 1. The summed E-state index contributed by atoms with van der Waals surface area (Å²) in [6.45, 7) is 7.76. The summed E-state index contributed by atoms with van der Waals surface area (Å²) >= 11 is 1.30. The van der Waals surface area contributed by atoms with E-state index in [1.807, 2.05) is 92.0 Å². The van der Waals surface area contributed by atoms with Crippen molar-refractivity contribution in [2.75, 3.05) is 11.9 Å². The zero-order chi connectivity index (χ0) is 25.7. The maximum atomic E-state index is 13.0. The first-order valence-corrected chi connectivity index (χ1v) is 12.7. The third-order valence-corrected chi connectivity index (χ3v) is 6.86. The number of anilines is 1. The summed E-state index contributed by atoms with van der Waals surface area (Å²) in [5.41, 5.74) is 6.47. The summed E-state index contributed by atoms with van der Waals surface area (Å²) in [6.07, 6.45) is -0.769. The number of aryl methyl sites for hydroxylation is 2. The Kier molecular flexibility index (Phi) is 7.86. The van der Waals surface area contributed by atoms with Crippen molar-refractivity contribution in [2.24, 2.45) is 0 Å². The molecule has 0 aliphatic carbocycles. The van der Waals surface area contributed by atoms with Crippen molar-refractivity contribution in [1.29, 1.82) is 0 Å². The molecule has 6 heteroatoms. The Bertz CT molecular complexity index is 1360. The molecule has 184 valence electrons. The van der Waals surface area contributed by atoms with E-state index in [1.165, 1.54) is 16.9 Å². The van der Waals surface area contributed by atoms with Gasteiger partial charge in [0.05, 0.1) is 6.61 Å². The number of amides is 1. The quantitative estimate of drug-likeness (QED) is 0.259. The van der Waals surface area contributed by atoms with E-state index in [0.29, 0.717) is 16.3 Å². The molecule has 1 atom stereocenters. The Hall–Kier alpha value is -3.90. The van der Waals surface area contributed by atoms with Gasteiger partial charge in [-0.1, -0.05) is 60.7 Å². The van der Waals surface area contributed by atoms with E-state index in [1.54, 1.807) is 13.8 Å². The molecule has 1 N–H and O–H groups in total. The summed E-state index contributed by atoms with van der Waals surface area (Å²) in [4.78, 5) is 25.9. The average Bonchev–Trinajstić information content (AvgIpc) is 3.30. The van der Waals surface area contributed by atoms with Crippen molar-refractivity contribution in [2.45, 2.75) is 33.8 Å². The van der Waals surface area contributed by atoms with Crippen LogP contribution in [-0.4, -0.2) is 24.6 Å². The number of hydrogen-bond donors (Lipinski definition) is 1. The molecule has 0 saturated heterocycles. The van der Waals surface area contributed by atoms with Gasteiger partial charge < -0.3 is 14.8 Å². The highest BCUT2D eigenvalue weighted by Gasteiger charge is 2.25. The molecular formula is C30H29NO4S. The van der Waals surface area contributed by atoms with Gasteiger partial charge >= 0.3 is 5.97 Å². The van der Waals surface area contributed by atoms with Gasteiger partial charge in [0.25, 0.3) is 5.91 Å². The molecule has 0 bridgehead atoms. The molecule has 0 aliphatic heterocycles. The molecule has 0 radical (unpaired) electrons. The first kappa shape index (κ1) is 25.2. The number of thiophene rings is 1. The molecule has 5 nitrogen and oxygen atoms in total. The SMILES string of the molecule is CCOC(=O)c1c(-c2ccc(C)c(C)c2)csc1NC(=O)C(C)Oc1ccc(-c2ccccc2)cc1. The second kappa shape index (κ2) is 11.2. The number of nitrogens with one attached hydrogen (secondary N) is 1. The summed E-state index contributed by atoms with van der Waals surface area (Å²) < 4.78 is 11.2. The van der Waals surface area contributed by atoms with Gasteiger partial charge in [-0.15, -0.1) is 11.3 Å². The van der Waals surface area contributed by atoms with Crippen molar-refractivity contribution in [3.05, 3.63) is 94.9 Å². The fourth-order valence-electron chi connectivity index (χ4n) is 3.80. The van der Waals surface area contributed by atoms with Crippen LogP contribution in [0.15, 0.2) is 78.2 Å². The molecule has 1 aromatic heterocycles. The number of ether oxygens (including phenoxy) is 2. The smallest absolute Gasteiger partial charge is 0.341 e. The highest BCUT2D eigenvalue weighted by Crippen LogP contribution is 2.37. The number of benzene rings is 3. The van der Waals surface area contributed by atoms with Gasteiger partial charge in [0.2, 0.25) is 0 Å². The molecule has 36 heavy (non-hydrogen) atoms. The van der Waals surface area contributed by atoms with E-state index in [-0.39, 0.29) is 12.5 Å². The predicted molar refractivity (Wildman–Crippen MR) is 146 cm³/mol. The lowest BCUT2D eigenvalue weighted by molar-refractivity contribution is -0.122. The minimum absolute atomic E-state index is 0.243. The highest BCUT2D eigenvalue weighted by atomic mass is 32.1. The Labute approximate surface area is 215 Å². The Balaban J connectivity index is 1.51. The van der Waals surface area contributed by atoms with E-state index >= 15 is 0 Å². The van der Waals surface area contributed by atoms with Crippen LogP contribution in [0.5, 0.6) is 5.75 Å². The van der Waals surface area contributed by atoms with Crippen LogP contribution in [0.4, 0.5) is 5.00 Å². The average molecular weight is 500 g/mol. The number of carbonyl (C=O) groups is 2. The van der Waals surface area contributed by atoms with Gasteiger partial charge in [-0.3, -0.25) is 4.79 Å². The van der Waals surface area contributed by atoms with E-state index in [4.69, 9.17) is 9.47 Å². The maximum Gasteiger partial charge on any atom is 0.341 e. The molecule has 0 saturated carbocycles. The monoisotopic (exact) mass is 499 g/mol. The Morgan fingerprint density at radius 2 is 1.56 bits per heavy atom. The molecule has 0 fully saturated rings. The second-order valence-electron chi connectivity index (χ2n) is 8.51. The Morgan fingerprint density at radius 3 is 2.22 bits per heavy atom. The lowest BCUT2D eigenvalue weighted by Gasteiger charge is -2.15. The molecule has 0 aliphatic rings. The minimum Gasteiger partial charge on any atom is -0.481 e. The minimum atomic E-state index is -0.769. The van der Waals surface area contributed by atoms with Crippen molar-refractivity contribution in [1.82, 2.24) is 0 Å². The molecule has 0 spiro atoms. The first-order chi connectivity index (χ1) is 17.4. The number of carbonyl (C=O) groups excluding carboxylic acids is 2. The fraction of sp³-hybridized carbons (Fsp3) is 0.200. The van der Waals surface area contributed by atoms with Gasteiger partial charge in [0, 0.05) is 10.9 Å². The third kappa shape index (κ3) is 5.66. The van der Waals surface area contributed by atoms with Crippen LogP contribution in [-0.2, 0) is 9.53 Å². The molecule has 1 heterocycles. The van der Waals surface area contributed by atoms with Crippen LogP contribution in [0.1, 0.15) is 35.3 Å². The van der Waals surface area contributed by atoms with Crippen LogP contribution in [0, 0.1) is 13.8 Å². The lowest BCUT2D eigenvalue weighted by Crippen LogP contribution is -2.30. The van der Waals surface area contributed by atoms with Gasteiger partial charge in [0.1, 0.15) is 16.3 Å². The molecule has 4 aromatic rings. The number of rotatable bonds is 8. The second-order valence-corrected chi connectivity index (χ2v) is 9.39. The predicted octanol–water partition coefficient (Wildman–Crippen LogP) is 7.28. The maximum absolute atomic E-state index is 13.0. The third-order valence-electron chi connectivity index (χ3n) is 5.97. The largest absolute Gasteiger partial charge is 0.481 e. The molecule has 4 rings (SSSR count).